The van der Waals surface area contributed by atoms with Gasteiger partial charge in [0.25, 0.3) is 0 Å². The fourth-order valence-electron chi connectivity index (χ4n) is 3.27. The number of likely N-dealkylation sites (N-methyl/N-ethyl adjacent to an activating group) is 1. The zero-order valence-electron chi connectivity index (χ0n) is 18.9. The number of rotatable bonds is 11. The second-order valence-electron chi connectivity index (χ2n) is 7.85. The lowest BCUT2D eigenvalue weighted by Gasteiger charge is -2.28. The first-order valence-corrected chi connectivity index (χ1v) is 10.7. The predicted octanol–water partition coefficient (Wildman–Crippen LogP) is 2.48. The third-order valence-electron chi connectivity index (χ3n) is 4.86. The van der Waals surface area contributed by atoms with Gasteiger partial charge in [-0.2, -0.15) is 0 Å². The SMILES string of the molecule is COc1ccc(NC(=O)N(C)CC(O)COCCOC(C)C)cc1N1CCCCC1=O. The summed E-state index contributed by atoms with van der Waals surface area (Å²) >= 11 is 0. The molecule has 0 spiro atoms. The first-order valence-electron chi connectivity index (χ1n) is 10.7. The van der Waals surface area contributed by atoms with Gasteiger partial charge < -0.3 is 34.4 Å². The van der Waals surface area contributed by atoms with E-state index in [9.17, 15) is 14.7 Å². The lowest BCUT2D eigenvalue weighted by Crippen LogP contribution is -2.39. The average Bonchev–Trinajstić information content (AvgIpc) is 2.73. The lowest BCUT2D eigenvalue weighted by molar-refractivity contribution is -0.119. The van der Waals surface area contributed by atoms with Crippen LogP contribution in [0, 0.1) is 0 Å². The number of carbonyl (C=O) groups is 2. The first-order chi connectivity index (χ1) is 14.8. The molecule has 174 valence electrons. The van der Waals surface area contributed by atoms with Crippen molar-refractivity contribution in [3.63, 3.8) is 0 Å². The van der Waals surface area contributed by atoms with Gasteiger partial charge in [0, 0.05) is 25.7 Å². The number of aliphatic hydroxyl groups excluding tert-OH is 1. The Kier molecular flexibility index (Phi) is 10.0. The van der Waals surface area contributed by atoms with Crippen LogP contribution in [0.4, 0.5) is 16.2 Å². The number of piperidine rings is 1. The Morgan fingerprint density at radius 2 is 2.06 bits per heavy atom. The van der Waals surface area contributed by atoms with Gasteiger partial charge in [0.15, 0.2) is 0 Å². The molecule has 2 rings (SSSR count). The fraction of sp³-hybridized carbons (Fsp3) is 0.636. The Balaban J connectivity index is 1.89. The first kappa shape index (κ1) is 24.9. The van der Waals surface area contributed by atoms with Crippen molar-refractivity contribution in [1.29, 1.82) is 0 Å². The molecule has 1 heterocycles. The van der Waals surface area contributed by atoms with E-state index in [1.165, 1.54) is 4.90 Å². The second-order valence-corrected chi connectivity index (χ2v) is 7.85. The van der Waals surface area contributed by atoms with E-state index in [2.05, 4.69) is 5.32 Å². The van der Waals surface area contributed by atoms with Crippen molar-refractivity contribution >= 4 is 23.3 Å². The molecule has 1 unspecified atom stereocenters. The molecule has 0 aliphatic carbocycles. The molecule has 31 heavy (non-hydrogen) atoms. The molecule has 1 fully saturated rings. The summed E-state index contributed by atoms with van der Waals surface area (Å²) in [7, 11) is 3.15. The number of aliphatic hydroxyl groups is 1. The van der Waals surface area contributed by atoms with Crippen LogP contribution in [0.25, 0.3) is 0 Å². The number of hydrogen-bond donors (Lipinski definition) is 2. The highest BCUT2D eigenvalue weighted by Gasteiger charge is 2.23. The van der Waals surface area contributed by atoms with Gasteiger partial charge >= 0.3 is 6.03 Å². The van der Waals surface area contributed by atoms with Crippen molar-refractivity contribution in [3.8, 4) is 5.75 Å². The van der Waals surface area contributed by atoms with Crippen LogP contribution >= 0.6 is 0 Å². The molecule has 1 atom stereocenters. The minimum absolute atomic E-state index is 0.0482. The summed E-state index contributed by atoms with van der Waals surface area (Å²) in [5, 5.41) is 12.9. The van der Waals surface area contributed by atoms with Crippen LogP contribution in [-0.4, -0.2) is 81.2 Å². The monoisotopic (exact) mass is 437 g/mol. The highest BCUT2D eigenvalue weighted by atomic mass is 16.5. The van der Waals surface area contributed by atoms with E-state index in [4.69, 9.17) is 14.2 Å². The molecule has 9 heteroatoms. The summed E-state index contributed by atoms with van der Waals surface area (Å²) in [6, 6.07) is 4.82. The van der Waals surface area contributed by atoms with Crippen molar-refractivity contribution < 1.29 is 28.9 Å². The van der Waals surface area contributed by atoms with Crippen LogP contribution in [0.3, 0.4) is 0 Å². The number of urea groups is 1. The molecule has 9 nitrogen and oxygen atoms in total. The van der Waals surface area contributed by atoms with Gasteiger partial charge in [0.2, 0.25) is 5.91 Å². The maximum absolute atomic E-state index is 12.5. The number of benzene rings is 1. The molecule has 0 saturated carbocycles. The van der Waals surface area contributed by atoms with Crippen molar-refractivity contribution in [3.05, 3.63) is 18.2 Å². The normalized spacial score (nSPS) is 15.2. The number of ether oxygens (including phenoxy) is 3. The molecule has 2 N–H and O–H groups in total. The van der Waals surface area contributed by atoms with Gasteiger partial charge in [-0.25, -0.2) is 4.79 Å². The van der Waals surface area contributed by atoms with Gasteiger partial charge in [0.1, 0.15) is 5.75 Å². The Bertz CT molecular complexity index is 727. The van der Waals surface area contributed by atoms with Gasteiger partial charge in [-0.1, -0.05) is 0 Å². The highest BCUT2D eigenvalue weighted by molar-refractivity contribution is 5.97. The summed E-state index contributed by atoms with van der Waals surface area (Å²) in [6.07, 6.45) is 1.64. The summed E-state index contributed by atoms with van der Waals surface area (Å²) in [6.45, 7) is 5.58. The molecular formula is C22H35N3O6. The quantitative estimate of drug-likeness (QED) is 0.516. The standard InChI is InChI=1S/C22H35N3O6/c1-16(2)31-12-11-30-15-18(26)14-24(3)22(28)23-17-8-9-20(29-4)19(13-17)25-10-6-5-7-21(25)27/h8-9,13,16,18,26H,5-7,10-12,14-15H2,1-4H3,(H,23,28). The van der Waals surface area contributed by atoms with E-state index in [0.717, 1.165) is 12.8 Å². The van der Waals surface area contributed by atoms with Crippen LogP contribution < -0.4 is 15.0 Å². The largest absolute Gasteiger partial charge is 0.495 e. The summed E-state index contributed by atoms with van der Waals surface area (Å²) < 4.78 is 16.2. The molecular weight excluding hydrogens is 402 g/mol. The number of nitrogens with zero attached hydrogens (tertiary/aromatic N) is 2. The van der Waals surface area contributed by atoms with Gasteiger partial charge in [-0.05, 0) is 44.9 Å². The molecule has 1 aromatic carbocycles. The molecule has 0 aromatic heterocycles. The molecule has 3 amide bonds. The van der Waals surface area contributed by atoms with Crippen LogP contribution in [0.15, 0.2) is 18.2 Å². The number of nitrogens with one attached hydrogen (secondary N) is 1. The molecule has 1 saturated heterocycles. The van der Waals surface area contributed by atoms with Crippen LogP contribution in [0.2, 0.25) is 0 Å². The second kappa shape index (κ2) is 12.5. The zero-order chi connectivity index (χ0) is 22.8. The summed E-state index contributed by atoms with van der Waals surface area (Å²) in [5.41, 5.74) is 1.19. The van der Waals surface area contributed by atoms with Gasteiger partial charge in [0.05, 0.1) is 51.4 Å². The van der Waals surface area contributed by atoms with Crippen LogP contribution in [0.5, 0.6) is 5.75 Å². The maximum Gasteiger partial charge on any atom is 0.321 e. The predicted molar refractivity (Wildman–Crippen MR) is 119 cm³/mol. The van der Waals surface area contributed by atoms with Gasteiger partial charge in [-0.3, -0.25) is 4.79 Å². The van der Waals surface area contributed by atoms with E-state index in [0.29, 0.717) is 43.3 Å². The molecule has 1 aromatic rings. The van der Waals surface area contributed by atoms with Crippen LogP contribution in [-0.2, 0) is 14.3 Å². The van der Waals surface area contributed by atoms with Crippen molar-refractivity contribution in [1.82, 2.24) is 4.90 Å². The number of hydrogen-bond acceptors (Lipinski definition) is 6. The Labute approximate surface area is 184 Å². The third kappa shape index (κ3) is 8.01. The van der Waals surface area contributed by atoms with E-state index in [1.54, 1.807) is 37.3 Å². The lowest BCUT2D eigenvalue weighted by atomic mass is 10.1. The molecule has 0 bridgehead atoms. The summed E-state index contributed by atoms with van der Waals surface area (Å²) in [4.78, 5) is 27.9. The number of carbonyl (C=O) groups excluding carboxylic acids is 2. The maximum atomic E-state index is 12.5. The van der Waals surface area contributed by atoms with Crippen molar-refractivity contribution in [2.45, 2.75) is 45.3 Å². The average molecular weight is 438 g/mol. The van der Waals surface area contributed by atoms with E-state index < -0.39 is 6.10 Å². The number of methoxy groups -OCH3 is 1. The van der Waals surface area contributed by atoms with Gasteiger partial charge in [-0.15, -0.1) is 0 Å². The van der Waals surface area contributed by atoms with E-state index in [-0.39, 0.29) is 31.2 Å². The minimum atomic E-state index is -0.813. The molecule has 1 aliphatic rings. The number of anilines is 2. The minimum Gasteiger partial charge on any atom is -0.495 e. The smallest absolute Gasteiger partial charge is 0.321 e. The van der Waals surface area contributed by atoms with E-state index in [1.807, 2.05) is 13.8 Å². The topological polar surface area (TPSA) is 101 Å². The molecule has 0 radical (unpaired) electrons. The Hall–Kier alpha value is -2.36. The van der Waals surface area contributed by atoms with Crippen molar-refractivity contribution in [2.75, 3.05) is 57.3 Å². The summed E-state index contributed by atoms with van der Waals surface area (Å²) in [5.74, 6) is 0.627. The Morgan fingerprint density at radius 1 is 1.29 bits per heavy atom. The van der Waals surface area contributed by atoms with E-state index >= 15 is 0 Å². The zero-order valence-corrected chi connectivity index (χ0v) is 18.9. The van der Waals surface area contributed by atoms with Crippen LogP contribution in [0.1, 0.15) is 33.1 Å². The number of amides is 3. The van der Waals surface area contributed by atoms with Crippen molar-refractivity contribution in [2.24, 2.45) is 0 Å². The Morgan fingerprint density at radius 3 is 2.74 bits per heavy atom. The third-order valence-corrected chi connectivity index (χ3v) is 4.86. The fourth-order valence-corrected chi connectivity index (χ4v) is 3.27. The highest BCUT2D eigenvalue weighted by Crippen LogP contribution is 2.33. The molecule has 1 aliphatic heterocycles.